The topological polar surface area (TPSA) is 50.4 Å². The van der Waals surface area contributed by atoms with Crippen molar-refractivity contribution in [2.45, 2.75) is 38.7 Å². The molecule has 2 aromatic heterocycles. The molecule has 0 spiro atoms. The monoisotopic (exact) mass is 217 g/mol. The molecule has 84 valence electrons. The van der Waals surface area contributed by atoms with Crippen LogP contribution in [0.1, 0.15) is 42.8 Å². The number of fused-ring (bicyclic) bond motifs is 1. The van der Waals surface area contributed by atoms with Crippen LogP contribution in [0.25, 0.3) is 5.65 Å². The molecule has 4 nitrogen and oxygen atoms in total. The molecule has 0 radical (unpaired) electrons. The molecule has 0 bridgehead atoms. The fourth-order valence-corrected chi connectivity index (χ4v) is 2.05. The van der Waals surface area contributed by atoms with Gasteiger partial charge in [-0.3, -0.25) is 0 Å². The minimum absolute atomic E-state index is 0.0210. The van der Waals surface area contributed by atoms with Crippen LogP contribution in [0.4, 0.5) is 0 Å². The number of hydrogen-bond donors (Lipinski definition) is 1. The van der Waals surface area contributed by atoms with E-state index in [1.54, 1.807) is 4.52 Å². The molecule has 3 rings (SSSR count). The Morgan fingerprint density at radius 1 is 1.44 bits per heavy atom. The fraction of sp³-hybridized carbons (Fsp3) is 0.500. The maximum absolute atomic E-state index is 9.44. The molecule has 16 heavy (non-hydrogen) atoms. The number of aliphatic hydroxyl groups excluding tert-OH is 1. The van der Waals surface area contributed by atoms with Gasteiger partial charge in [0.15, 0.2) is 5.65 Å². The zero-order valence-corrected chi connectivity index (χ0v) is 9.35. The molecule has 1 saturated carbocycles. The van der Waals surface area contributed by atoms with E-state index in [0.29, 0.717) is 5.92 Å². The molecule has 0 atom stereocenters. The first-order chi connectivity index (χ1) is 7.83. The van der Waals surface area contributed by atoms with Crippen LogP contribution in [0.2, 0.25) is 0 Å². The molecule has 2 aromatic rings. The highest BCUT2D eigenvalue weighted by molar-refractivity contribution is 5.43. The summed E-state index contributed by atoms with van der Waals surface area (Å²) in [7, 11) is 0. The van der Waals surface area contributed by atoms with E-state index in [2.05, 4.69) is 17.0 Å². The Balaban J connectivity index is 2.21. The molecule has 1 fully saturated rings. The summed E-state index contributed by atoms with van der Waals surface area (Å²) in [6, 6.07) is 3.98. The van der Waals surface area contributed by atoms with Crippen molar-refractivity contribution in [3.8, 4) is 0 Å². The van der Waals surface area contributed by atoms with Gasteiger partial charge in [0.25, 0.3) is 0 Å². The lowest BCUT2D eigenvalue weighted by Crippen LogP contribution is -2.02. The molecule has 4 heteroatoms. The summed E-state index contributed by atoms with van der Waals surface area (Å²) in [5, 5.41) is 13.9. The largest absolute Gasteiger partial charge is 0.390 e. The third-order valence-electron chi connectivity index (χ3n) is 3.13. The van der Waals surface area contributed by atoms with Crippen LogP contribution in [0, 0.1) is 0 Å². The van der Waals surface area contributed by atoms with Crippen LogP contribution in [0.3, 0.4) is 0 Å². The van der Waals surface area contributed by atoms with E-state index in [1.165, 1.54) is 12.8 Å². The normalized spacial score (nSPS) is 15.9. The van der Waals surface area contributed by atoms with Gasteiger partial charge in [0.2, 0.25) is 0 Å². The Morgan fingerprint density at radius 2 is 2.25 bits per heavy atom. The Labute approximate surface area is 93.9 Å². The standard InChI is InChI=1S/C12H15N3O/c1-2-9-5-6-11-13-12(8-3-4-8)10(7-16)15(11)14-9/h5-6,8,16H,2-4,7H2,1H3. The lowest BCUT2D eigenvalue weighted by Gasteiger charge is -2.00. The average Bonchev–Trinajstić information content (AvgIpc) is 3.09. The number of hydrogen-bond acceptors (Lipinski definition) is 3. The smallest absolute Gasteiger partial charge is 0.154 e. The van der Waals surface area contributed by atoms with Gasteiger partial charge in [-0.15, -0.1) is 0 Å². The minimum atomic E-state index is 0.0210. The number of aryl methyl sites for hydroxylation is 1. The van der Waals surface area contributed by atoms with E-state index >= 15 is 0 Å². The number of imidazole rings is 1. The summed E-state index contributed by atoms with van der Waals surface area (Å²) in [6.45, 7) is 2.10. The first kappa shape index (κ1) is 9.78. The molecule has 2 heterocycles. The van der Waals surface area contributed by atoms with E-state index in [0.717, 1.165) is 29.1 Å². The Bertz CT molecular complexity index is 528. The van der Waals surface area contributed by atoms with Gasteiger partial charge in [0, 0.05) is 5.92 Å². The molecule has 1 aliphatic carbocycles. The maximum Gasteiger partial charge on any atom is 0.154 e. The number of aromatic nitrogens is 3. The van der Waals surface area contributed by atoms with Crippen LogP contribution in [-0.4, -0.2) is 19.7 Å². The second-order valence-electron chi connectivity index (χ2n) is 4.32. The number of rotatable bonds is 3. The average molecular weight is 217 g/mol. The van der Waals surface area contributed by atoms with Crippen LogP contribution in [0.5, 0.6) is 0 Å². The summed E-state index contributed by atoms with van der Waals surface area (Å²) in [5.41, 5.74) is 3.79. The molecule has 0 unspecified atom stereocenters. The highest BCUT2D eigenvalue weighted by Gasteiger charge is 2.30. The van der Waals surface area contributed by atoms with Crippen molar-refractivity contribution in [1.82, 2.24) is 14.6 Å². The van der Waals surface area contributed by atoms with Gasteiger partial charge < -0.3 is 5.11 Å². The summed E-state index contributed by atoms with van der Waals surface area (Å²) >= 11 is 0. The van der Waals surface area contributed by atoms with Crippen LogP contribution in [-0.2, 0) is 13.0 Å². The molecular weight excluding hydrogens is 202 g/mol. The fourth-order valence-electron chi connectivity index (χ4n) is 2.05. The molecule has 0 saturated heterocycles. The van der Waals surface area contributed by atoms with Crippen molar-refractivity contribution in [3.05, 3.63) is 29.2 Å². The van der Waals surface area contributed by atoms with E-state index in [4.69, 9.17) is 0 Å². The van der Waals surface area contributed by atoms with Gasteiger partial charge >= 0.3 is 0 Å². The van der Waals surface area contributed by atoms with E-state index < -0.39 is 0 Å². The quantitative estimate of drug-likeness (QED) is 0.850. The van der Waals surface area contributed by atoms with Gasteiger partial charge in [-0.2, -0.15) is 5.10 Å². The highest BCUT2D eigenvalue weighted by Crippen LogP contribution is 2.41. The summed E-state index contributed by atoms with van der Waals surface area (Å²) in [4.78, 5) is 4.56. The SMILES string of the molecule is CCc1ccc2nc(C3CC3)c(CO)n2n1. The Hall–Kier alpha value is -1.42. The minimum Gasteiger partial charge on any atom is -0.390 e. The zero-order chi connectivity index (χ0) is 11.1. The van der Waals surface area contributed by atoms with E-state index in [9.17, 15) is 5.11 Å². The molecule has 1 N–H and O–H groups in total. The summed E-state index contributed by atoms with van der Waals surface area (Å²) < 4.78 is 1.80. The second-order valence-corrected chi connectivity index (χ2v) is 4.32. The van der Waals surface area contributed by atoms with Gasteiger partial charge in [-0.1, -0.05) is 6.92 Å². The highest BCUT2D eigenvalue weighted by atomic mass is 16.3. The number of nitrogens with zero attached hydrogens (tertiary/aromatic N) is 3. The van der Waals surface area contributed by atoms with Crippen LogP contribution in [0.15, 0.2) is 12.1 Å². The van der Waals surface area contributed by atoms with Crippen molar-refractivity contribution < 1.29 is 5.11 Å². The van der Waals surface area contributed by atoms with E-state index in [1.807, 2.05) is 12.1 Å². The summed E-state index contributed by atoms with van der Waals surface area (Å²) in [5.74, 6) is 0.550. The molecule has 0 amide bonds. The maximum atomic E-state index is 9.44. The van der Waals surface area contributed by atoms with Crippen molar-refractivity contribution in [1.29, 1.82) is 0 Å². The van der Waals surface area contributed by atoms with E-state index in [-0.39, 0.29) is 6.61 Å². The zero-order valence-electron chi connectivity index (χ0n) is 9.35. The lowest BCUT2D eigenvalue weighted by molar-refractivity contribution is 0.272. The number of aliphatic hydroxyl groups is 1. The molecule has 0 aliphatic heterocycles. The van der Waals surface area contributed by atoms with Crippen molar-refractivity contribution in [2.24, 2.45) is 0 Å². The van der Waals surface area contributed by atoms with Gasteiger partial charge in [-0.05, 0) is 31.4 Å². The molecule has 1 aliphatic rings. The second kappa shape index (κ2) is 3.56. The van der Waals surface area contributed by atoms with Crippen molar-refractivity contribution >= 4 is 5.65 Å². The van der Waals surface area contributed by atoms with Crippen LogP contribution >= 0.6 is 0 Å². The van der Waals surface area contributed by atoms with Crippen molar-refractivity contribution in [3.63, 3.8) is 0 Å². The predicted molar refractivity (Wildman–Crippen MR) is 60.3 cm³/mol. The van der Waals surface area contributed by atoms with Gasteiger partial charge in [0.05, 0.1) is 23.7 Å². The predicted octanol–water partition coefficient (Wildman–Crippen LogP) is 1.66. The van der Waals surface area contributed by atoms with Gasteiger partial charge in [0.1, 0.15) is 0 Å². The van der Waals surface area contributed by atoms with Crippen LogP contribution < -0.4 is 0 Å². The Morgan fingerprint density at radius 3 is 2.88 bits per heavy atom. The third kappa shape index (κ3) is 1.41. The molecule has 0 aromatic carbocycles. The lowest BCUT2D eigenvalue weighted by atomic mass is 10.2. The third-order valence-corrected chi connectivity index (χ3v) is 3.13. The van der Waals surface area contributed by atoms with Gasteiger partial charge in [-0.25, -0.2) is 9.50 Å². The molecular formula is C12H15N3O. The Kier molecular flexibility index (Phi) is 2.17. The first-order valence-corrected chi connectivity index (χ1v) is 5.81. The van der Waals surface area contributed by atoms with Crippen molar-refractivity contribution in [2.75, 3.05) is 0 Å². The first-order valence-electron chi connectivity index (χ1n) is 5.81. The summed E-state index contributed by atoms with van der Waals surface area (Å²) in [6.07, 6.45) is 3.28.